The van der Waals surface area contributed by atoms with Crippen molar-refractivity contribution in [2.45, 2.75) is 0 Å². The Morgan fingerprint density at radius 2 is 1.00 bits per heavy atom. The van der Waals surface area contributed by atoms with E-state index in [1.54, 1.807) is 11.3 Å². The SMILES string of the molecule is c1ccc(-c2cccc(N(c3ccc(-c4ccc5oc6ccc7sc(-c8ccccc8)nc7c6c5c4)cc3)c3ccc(-c4cccc5c4sc4ccccc45)cc3)c2)cc1. The molecule has 5 heteroatoms. The van der Waals surface area contributed by atoms with E-state index < -0.39 is 0 Å². The zero-order valence-corrected chi connectivity index (χ0v) is 33.9. The number of hydrogen-bond acceptors (Lipinski definition) is 5. The van der Waals surface area contributed by atoms with Crippen molar-refractivity contribution in [2.75, 3.05) is 4.90 Å². The summed E-state index contributed by atoms with van der Waals surface area (Å²) in [4.78, 5) is 7.51. The third kappa shape index (κ3) is 5.90. The topological polar surface area (TPSA) is 29.3 Å². The summed E-state index contributed by atoms with van der Waals surface area (Å²) in [6.07, 6.45) is 0. The number of anilines is 3. The zero-order chi connectivity index (χ0) is 39.6. The van der Waals surface area contributed by atoms with Crippen LogP contribution in [0.5, 0.6) is 0 Å². The van der Waals surface area contributed by atoms with E-state index in [1.807, 2.05) is 17.4 Å². The van der Waals surface area contributed by atoms with E-state index in [9.17, 15) is 0 Å². The number of nitrogens with zero attached hydrogens (tertiary/aromatic N) is 2. The molecule has 0 aliphatic heterocycles. The standard InChI is InChI=1S/C55H34N2OS2/c1-3-11-35(12-4-1)39-15-9-16-43(33-39)57(42-28-23-37(24-29-42)44-18-10-19-46-45-17-7-8-20-50(45)59-54(44)46)41-26-21-36(22-27-41)40-25-30-48-47(34-40)52-49(58-48)31-32-51-53(52)56-55(60-51)38-13-5-2-6-14-38/h1-34H. The van der Waals surface area contributed by atoms with Gasteiger partial charge in [-0.25, -0.2) is 4.98 Å². The molecule has 0 fully saturated rings. The van der Waals surface area contributed by atoms with Gasteiger partial charge in [0.05, 0.1) is 15.6 Å². The fourth-order valence-electron chi connectivity index (χ4n) is 8.61. The van der Waals surface area contributed by atoms with Gasteiger partial charge in [0.2, 0.25) is 0 Å². The number of furan rings is 1. The maximum Gasteiger partial charge on any atom is 0.137 e. The highest BCUT2D eigenvalue weighted by atomic mass is 32.1. The third-order valence-electron chi connectivity index (χ3n) is 11.5. The molecular weight excluding hydrogens is 769 g/mol. The molecule has 282 valence electrons. The fraction of sp³-hybridized carbons (Fsp3) is 0. The molecule has 0 unspecified atom stereocenters. The number of rotatable bonds is 7. The summed E-state index contributed by atoms with van der Waals surface area (Å²) in [5.74, 6) is 0. The maximum atomic E-state index is 6.39. The van der Waals surface area contributed by atoms with Crippen molar-refractivity contribution in [3.8, 4) is 44.0 Å². The molecule has 0 saturated heterocycles. The number of thiazole rings is 1. The van der Waals surface area contributed by atoms with Gasteiger partial charge >= 0.3 is 0 Å². The first-order valence-corrected chi connectivity index (χ1v) is 21.7. The Bertz CT molecular complexity index is 3530. The Kier molecular flexibility index (Phi) is 8.22. The molecule has 0 radical (unpaired) electrons. The number of aromatic nitrogens is 1. The van der Waals surface area contributed by atoms with Gasteiger partial charge in [-0.2, -0.15) is 0 Å². The summed E-state index contributed by atoms with van der Waals surface area (Å²) in [6, 6.07) is 73.9. The van der Waals surface area contributed by atoms with Crippen LogP contribution in [0.15, 0.2) is 211 Å². The van der Waals surface area contributed by atoms with Crippen LogP contribution in [0, 0.1) is 0 Å². The van der Waals surface area contributed by atoms with Crippen LogP contribution < -0.4 is 4.90 Å². The Hall–Kier alpha value is -7.31. The molecule has 0 aliphatic carbocycles. The number of fused-ring (bicyclic) bond motifs is 8. The Morgan fingerprint density at radius 3 is 1.80 bits per heavy atom. The summed E-state index contributed by atoms with van der Waals surface area (Å²) in [6.45, 7) is 0. The molecule has 0 spiro atoms. The maximum absolute atomic E-state index is 6.39. The normalized spacial score (nSPS) is 11.7. The van der Waals surface area contributed by atoms with Gasteiger partial charge in [-0.05, 0) is 100 Å². The highest BCUT2D eigenvalue weighted by molar-refractivity contribution is 7.26. The first kappa shape index (κ1) is 34.7. The Labute approximate surface area is 354 Å². The minimum Gasteiger partial charge on any atom is -0.456 e. The van der Waals surface area contributed by atoms with Gasteiger partial charge in [0.25, 0.3) is 0 Å². The van der Waals surface area contributed by atoms with Gasteiger partial charge in [-0.3, -0.25) is 0 Å². The van der Waals surface area contributed by atoms with Crippen LogP contribution in [0.25, 0.3) is 96.3 Å². The van der Waals surface area contributed by atoms with Crippen molar-refractivity contribution in [3.63, 3.8) is 0 Å². The fourth-order valence-corrected chi connectivity index (χ4v) is 10.8. The summed E-state index contributed by atoms with van der Waals surface area (Å²) in [5.41, 5.74) is 14.2. The molecule has 0 N–H and O–H groups in total. The minimum atomic E-state index is 0.856. The van der Waals surface area contributed by atoms with Crippen LogP contribution in [0.3, 0.4) is 0 Å². The van der Waals surface area contributed by atoms with E-state index in [0.717, 1.165) is 70.9 Å². The molecule has 3 heterocycles. The Morgan fingerprint density at radius 1 is 0.383 bits per heavy atom. The summed E-state index contributed by atoms with van der Waals surface area (Å²) < 4.78 is 10.2. The predicted octanol–water partition coefficient (Wildman–Crippen LogP) is 16.7. The molecule has 12 aromatic rings. The van der Waals surface area contributed by atoms with Crippen molar-refractivity contribution in [2.24, 2.45) is 0 Å². The number of benzene rings is 9. The number of hydrogen-bond donors (Lipinski definition) is 0. The average Bonchev–Trinajstić information content (AvgIpc) is 4.04. The highest BCUT2D eigenvalue weighted by Gasteiger charge is 2.18. The van der Waals surface area contributed by atoms with Crippen LogP contribution in [0.1, 0.15) is 0 Å². The quantitative estimate of drug-likeness (QED) is 0.161. The van der Waals surface area contributed by atoms with E-state index in [0.29, 0.717) is 0 Å². The molecule has 60 heavy (non-hydrogen) atoms. The highest BCUT2D eigenvalue weighted by Crippen LogP contribution is 2.44. The van der Waals surface area contributed by atoms with Crippen molar-refractivity contribution < 1.29 is 4.42 Å². The predicted molar refractivity (Wildman–Crippen MR) is 256 cm³/mol. The largest absolute Gasteiger partial charge is 0.456 e. The zero-order valence-electron chi connectivity index (χ0n) is 32.2. The van der Waals surface area contributed by atoms with Crippen molar-refractivity contribution in [3.05, 3.63) is 206 Å². The second-order valence-electron chi connectivity index (χ2n) is 15.1. The number of thiophene rings is 1. The van der Waals surface area contributed by atoms with Gasteiger partial charge in [0.1, 0.15) is 16.2 Å². The lowest BCUT2D eigenvalue weighted by Gasteiger charge is -2.26. The smallest absolute Gasteiger partial charge is 0.137 e. The first-order valence-electron chi connectivity index (χ1n) is 20.1. The van der Waals surface area contributed by atoms with Crippen molar-refractivity contribution >= 4 is 92.1 Å². The lowest BCUT2D eigenvalue weighted by Crippen LogP contribution is -2.10. The van der Waals surface area contributed by atoms with Crippen LogP contribution in [-0.2, 0) is 0 Å². The molecule has 0 bridgehead atoms. The molecule has 0 aliphatic rings. The van der Waals surface area contributed by atoms with Crippen LogP contribution in [0.4, 0.5) is 17.1 Å². The third-order valence-corrected chi connectivity index (χ3v) is 13.8. The molecule has 9 aromatic carbocycles. The van der Waals surface area contributed by atoms with E-state index in [2.05, 4.69) is 205 Å². The van der Waals surface area contributed by atoms with Gasteiger partial charge in [-0.15, -0.1) is 22.7 Å². The minimum absolute atomic E-state index is 0.856. The summed E-state index contributed by atoms with van der Waals surface area (Å²) in [7, 11) is 0. The summed E-state index contributed by atoms with van der Waals surface area (Å²) >= 11 is 3.59. The first-order chi connectivity index (χ1) is 29.7. The van der Waals surface area contributed by atoms with E-state index >= 15 is 0 Å². The average molecular weight is 803 g/mol. The second-order valence-corrected chi connectivity index (χ2v) is 17.2. The van der Waals surface area contributed by atoms with Gasteiger partial charge < -0.3 is 9.32 Å². The molecule has 0 atom stereocenters. The molecule has 0 amide bonds. The lowest BCUT2D eigenvalue weighted by atomic mass is 10.0. The van der Waals surface area contributed by atoms with Crippen molar-refractivity contribution in [1.29, 1.82) is 0 Å². The van der Waals surface area contributed by atoms with Crippen LogP contribution >= 0.6 is 22.7 Å². The van der Waals surface area contributed by atoms with Crippen molar-refractivity contribution in [1.82, 2.24) is 4.98 Å². The van der Waals surface area contributed by atoms with Crippen LogP contribution in [-0.4, -0.2) is 4.98 Å². The van der Waals surface area contributed by atoms with Gasteiger partial charge in [0, 0.05) is 48.2 Å². The Balaban J connectivity index is 0.939. The monoisotopic (exact) mass is 802 g/mol. The molecular formula is C55H34N2OS2. The molecule has 3 aromatic heterocycles. The van der Waals surface area contributed by atoms with E-state index in [-0.39, 0.29) is 0 Å². The lowest BCUT2D eigenvalue weighted by molar-refractivity contribution is 0.669. The van der Waals surface area contributed by atoms with Gasteiger partial charge in [-0.1, -0.05) is 140 Å². The second kappa shape index (κ2) is 14.2. The van der Waals surface area contributed by atoms with E-state index in [4.69, 9.17) is 9.40 Å². The summed E-state index contributed by atoms with van der Waals surface area (Å²) in [5, 5.41) is 5.78. The van der Waals surface area contributed by atoms with Crippen LogP contribution in [0.2, 0.25) is 0 Å². The van der Waals surface area contributed by atoms with E-state index in [1.165, 1.54) is 42.4 Å². The molecule has 0 saturated carbocycles. The van der Waals surface area contributed by atoms with Gasteiger partial charge in [0.15, 0.2) is 0 Å². The molecule has 12 rings (SSSR count). The molecule has 3 nitrogen and oxygen atoms in total.